The van der Waals surface area contributed by atoms with Gasteiger partial charge < -0.3 is 0 Å². The zero-order valence-corrected chi connectivity index (χ0v) is 13.5. The van der Waals surface area contributed by atoms with Gasteiger partial charge in [0.15, 0.2) is 0 Å². The second-order valence-corrected chi connectivity index (χ2v) is 6.78. The molecule has 0 N–H and O–H groups in total. The van der Waals surface area contributed by atoms with Crippen LogP contribution in [-0.4, -0.2) is 0 Å². The van der Waals surface area contributed by atoms with Crippen molar-refractivity contribution in [2.75, 3.05) is 0 Å². The first-order valence-corrected chi connectivity index (χ1v) is 7.36. The Kier molecular flexibility index (Phi) is 7.98. The molecule has 0 unspecified atom stereocenters. The Bertz CT molecular complexity index is 295. The van der Waals surface area contributed by atoms with Gasteiger partial charge in [0.05, 0.1) is 0 Å². The summed E-state index contributed by atoms with van der Waals surface area (Å²) in [6, 6.07) is 9.09. The van der Waals surface area contributed by atoms with Crippen molar-refractivity contribution in [2.24, 2.45) is 5.92 Å². The summed E-state index contributed by atoms with van der Waals surface area (Å²) in [7, 11) is 0. The Morgan fingerprint density at radius 2 is 1.39 bits per heavy atom. The molecule has 0 heterocycles. The van der Waals surface area contributed by atoms with Gasteiger partial charge in [-0.05, 0) is 35.3 Å². The summed E-state index contributed by atoms with van der Waals surface area (Å²) in [5.74, 6) is 0.833. The Labute approximate surface area is 115 Å². The summed E-state index contributed by atoms with van der Waals surface area (Å²) < 4.78 is 0. The largest absolute Gasteiger partial charge is 0.0654 e. The highest BCUT2D eigenvalue weighted by molar-refractivity contribution is 5.27. The van der Waals surface area contributed by atoms with E-state index in [1.54, 1.807) is 0 Å². The highest BCUT2D eigenvalue weighted by Crippen LogP contribution is 2.22. The molecule has 0 aliphatic rings. The van der Waals surface area contributed by atoms with Crippen LogP contribution in [0.5, 0.6) is 0 Å². The summed E-state index contributed by atoms with van der Waals surface area (Å²) in [5, 5.41) is 0. The first-order valence-electron chi connectivity index (χ1n) is 7.36. The van der Waals surface area contributed by atoms with Crippen LogP contribution in [0.2, 0.25) is 0 Å². The molecule has 0 saturated heterocycles. The lowest BCUT2D eigenvalue weighted by Gasteiger charge is -2.19. The molecule has 0 atom stereocenters. The zero-order valence-electron chi connectivity index (χ0n) is 13.5. The van der Waals surface area contributed by atoms with Gasteiger partial charge in [-0.25, -0.2) is 0 Å². The maximum atomic E-state index is 2.27. The maximum absolute atomic E-state index is 2.27. The lowest BCUT2D eigenvalue weighted by Crippen LogP contribution is -2.10. The topological polar surface area (TPSA) is 0 Å². The third-order valence-electron chi connectivity index (χ3n) is 2.64. The number of aryl methyl sites for hydroxylation is 1. The number of hydrogen-bond donors (Lipinski definition) is 0. The zero-order chi connectivity index (χ0) is 14.2. The molecular formula is C18H32. The molecule has 18 heavy (non-hydrogen) atoms. The van der Waals surface area contributed by atoms with Gasteiger partial charge in [0.1, 0.15) is 0 Å². The Morgan fingerprint density at radius 3 is 1.72 bits per heavy atom. The minimum absolute atomic E-state index is 0.281. The molecule has 1 aromatic carbocycles. The summed E-state index contributed by atoms with van der Waals surface area (Å²) in [5.41, 5.74) is 3.18. The molecule has 0 heteroatoms. The van der Waals surface area contributed by atoms with Crippen LogP contribution in [0.15, 0.2) is 24.3 Å². The van der Waals surface area contributed by atoms with Crippen molar-refractivity contribution in [3.8, 4) is 0 Å². The van der Waals surface area contributed by atoms with Crippen LogP contribution in [0.25, 0.3) is 0 Å². The fourth-order valence-corrected chi connectivity index (χ4v) is 1.55. The van der Waals surface area contributed by atoms with E-state index >= 15 is 0 Å². The van der Waals surface area contributed by atoms with Crippen LogP contribution in [0.1, 0.15) is 72.4 Å². The van der Waals surface area contributed by atoms with Crippen molar-refractivity contribution >= 4 is 0 Å². The number of benzene rings is 1. The van der Waals surface area contributed by atoms with Gasteiger partial charge in [-0.1, -0.05) is 79.2 Å². The normalized spacial score (nSPS) is 11.1. The van der Waals surface area contributed by atoms with E-state index in [0.717, 1.165) is 5.92 Å². The molecule has 1 aromatic rings. The minimum Gasteiger partial charge on any atom is -0.0654 e. The summed E-state index contributed by atoms with van der Waals surface area (Å²) in [6.07, 6.45) is 3.80. The lowest BCUT2D eigenvalue weighted by atomic mass is 9.86. The van der Waals surface area contributed by atoms with Crippen LogP contribution in [0, 0.1) is 5.92 Å². The van der Waals surface area contributed by atoms with E-state index in [4.69, 9.17) is 0 Å². The summed E-state index contributed by atoms with van der Waals surface area (Å²) in [4.78, 5) is 0. The average Bonchev–Trinajstić information content (AvgIpc) is 2.25. The number of unbranched alkanes of at least 4 members (excludes halogenated alkanes) is 1. The van der Waals surface area contributed by atoms with Crippen LogP contribution in [0.4, 0.5) is 0 Å². The molecule has 0 amide bonds. The Hall–Kier alpha value is -0.780. The van der Waals surface area contributed by atoms with Gasteiger partial charge in [-0.2, -0.15) is 0 Å². The standard InChI is InChI=1S/C14H22.C4H10/c1-5-6-7-12-8-10-13(11-9-12)14(2,3)4;1-4(2)3/h8-11H,5-7H2,1-4H3;4H,1-3H3. The van der Waals surface area contributed by atoms with E-state index in [-0.39, 0.29) is 5.41 Å². The monoisotopic (exact) mass is 248 g/mol. The smallest absolute Gasteiger partial charge is 0.0132 e. The average molecular weight is 248 g/mol. The van der Waals surface area contributed by atoms with Gasteiger partial charge >= 0.3 is 0 Å². The number of hydrogen-bond acceptors (Lipinski definition) is 0. The maximum Gasteiger partial charge on any atom is -0.0132 e. The van der Waals surface area contributed by atoms with Crippen LogP contribution in [0.3, 0.4) is 0 Å². The SMILES string of the molecule is CC(C)C.CCCCc1ccc(C(C)(C)C)cc1. The van der Waals surface area contributed by atoms with Gasteiger partial charge in [-0.3, -0.25) is 0 Å². The molecule has 0 fully saturated rings. The quantitative estimate of drug-likeness (QED) is 0.616. The van der Waals surface area contributed by atoms with E-state index in [1.165, 1.54) is 30.4 Å². The summed E-state index contributed by atoms with van der Waals surface area (Å²) >= 11 is 0. The van der Waals surface area contributed by atoms with Crippen LogP contribution in [-0.2, 0) is 11.8 Å². The minimum atomic E-state index is 0.281. The Morgan fingerprint density at radius 1 is 0.944 bits per heavy atom. The first-order chi connectivity index (χ1) is 8.27. The third-order valence-corrected chi connectivity index (χ3v) is 2.64. The molecule has 0 aliphatic heterocycles. The fraction of sp³-hybridized carbons (Fsp3) is 0.667. The molecule has 0 nitrogen and oxygen atoms in total. The first kappa shape index (κ1) is 17.2. The highest BCUT2D eigenvalue weighted by atomic mass is 14.2. The predicted octanol–water partition coefficient (Wildman–Crippen LogP) is 5.99. The molecule has 104 valence electrons. The molecule has 0 aromatic heterocycles. The number of rotatable bonds is 3. The van der Waals surface area contributed by atoms with Crippen molar-refractivity contribution in [1.82, 2.24) is 0 Å². The van der Waals surface area contributed by atoms with Crippen molar-refractivity contribution in [3.05, 3.63) is 35.4 Å². The van der Waals surface area contributed by atoms with Crippen molar-refractivity contribution in [2.45, 2.75) is 73.1 Å². The van der Waals surface area contributed by atoms with E-state index in [0.29, 0.717) is 0 Å². The second-order valence-electron chi connectivity index (χ2n) is 6.78. The van der Waals surface area contributed by atoms with Crippen molar-refractivity contribution in [3.63, 3.8) is 0 Å². The van der Waals surface area contributed by atoms with Crippen LogP contribution < -0.4 is 0 Å². The Balaban J connectivity index is 0.000000631. The molecular weight excluding hydrogens is 216 g/mol. The van der Waals surface area contributed by atoms with Crippen LogP contribution >= 0.6 is 0 Å². The fourth-order valence-electron chi connectivity index (χ4n) is 1.55. The molecule has 0 saturated carbocycles. The van der Waals surface area contributed by atoms with Gasteiger partial charge in [0, 0.05) is 0 Å². The van der Waals surface area contributed by atoms with Gasteiger partial charge in [-0.15, -0.1) is 0 Å². The third kappa shape index (κ3) is 8.33. The van der Waals surface area contributed by atoms with E-state index in [1.807, 2.05) is 0 Å². The van der Waals surface area contributed by atoms with E-state index in [2.05, 4.69) is 72.7 Å². The molecule has 0 aliphatic carbocycles. The predicted molar refractivity (Wildman–Crippen MR) is 84.3 cm³/mol. The van der Waals surface area contributed by atoms with Gasteiger partial charge in [0.2, 0.25) is 0 Å². The highest BCUT2D eigenvalue weighted by Gasteiger charge is 2.12. The molecule has 0 bridgehead atoms. The lowest BCUT2D eigenvalue weighted by molar-refractivity contribution is 0.590. The molecule has 0 radical (unpaired) electrons. The molecule has 0 spiro atoms. The van der Waals surface area contributed by atoms with Crippen molar-refractivity contribution in [1.29, 1.82) is 0 Å². The van der Waals surface area contributed by atoms with Crippen molar-refractivity contribution < 1.29 is 0 Å². The van der Waals surface area contributed by atoms with Gasteiger partial charge in [0.25, 0.3) is 0 Å². The summed E-state index contributed by atoms with van der Waals surface area (Å²) in [6.45, 7) is 15.5. The van der Waals surface area contributed by atoms with E-state index < -0.39 is 0 Å². The molecule has 1 rings (SSSR count). The second kappa shape index (κ2) is 8.34. The van der Waals surface area contributed by atoms with E-state index in [9.17, 15) is 0 Å².